The van der Waals surface area contributed by atoms with Crippen molar-refractivity contribution in [2.45, 2.75) is 51.5 Å². The summed E-state index contributed by atoms with van der Waals surface area (Å²) >= 11 is 0. The van der Waals surface area contributed by atoms with Crippen LogP contribution < -0.4 is 5.73 Å². The van der Waals surface area contributed by atoms with Crippen LogP contribution in [0, 0.1) is 10.8 Å². The molecule has 1 aromatic rings. The number of nitrogens with zero attached hydrogens (tertiary/aromatic N) is 1. The van der Waals surface area contributed by atoms with Gasteiger partial charge in [-0.1, -0.05) is 43.5 Å². The number of rotatable bonds is 3. The SMILES string of the molecule is N=C(N)c1ccccc1CN1CCC2(CCCCC2)CC1. The van der Waals surface area contributed by atoms with E-state index in [-0.39, 0.29) is 5.84 Å². The highest BCUT2D eigenvalue weighted by Crippen LogP contribution is 2.44. The number of nitrogens with two attached hydrogens (primary N) is 1. The van der Waals surface area contributed by atoms with Gasteiger partial charge in [-0.2, -0.15) is 0 Å². The van der Waals surface area contributed by atoms with E-state index in [9.17, 15) is 0 Å². The van der Waals surface area contributed by atoms with E-state index in [1.165, 1.54) is 63.6 Å². The van der Waals surface area contributed by atoms with Crippen molar-refractivity contribution in [3.63, 3.8) is 0 Å². The lowest BCUT2D eigenvalue weighted by Crippen LogP contribution is -2.40. The molecule has 3 N–H and O–H groups in total. The highest BCUT2D eigenvalue weighted by atomic mass is 15.1. The molecule has 0 bridgehead atoms. The van der Waals surface area contributed by atoms with Gasteiger partial charge in [0.1, 0.15) is 5.84 Å². The third-order valence-electron chi connectivity index (χ3n) is 5.53. The van der Waals surface area contributed by atoms with Crippen molar-refractivity contribution < 1.29 is 0 Å². The molecule has 21 heavy (non-hydrogen) atoms. The van der Waals surface area contributed by atoms with Crippen LogP contribution in [0.15, 0.2) is 24.3 Å². The maximum atomic E-state index is 7.71. The van der Waals surface area contributed by atoms with Crippen molar-refractivity contribution in [1.29, 1.82) is 5.41 Å². The van der Waals surface area contributed by atoms with E-state index >= 15 is 0 Å². The van der Waals surface area contributed by atoms with E-state index in [2.05, 4.69) is 11.0 Å². The topological polar surface area (TPSA) is 53.1 Å². The van der Waals surface area contributed by atoms with Crippen molar-refractivity contribution in [3.05, 3.63) is 35.4 Å². The van der Waals surface area contributed by atoms with Crippen LogP contribution in [0.2, 0.25) is 0 Å². The van der Waals surface area contributed by atoms with Crippen molar-refractivity contribution in [1.82, 2.24) is 4.90 Å². The average Bonchev–Trinajstić information content (AvgIpc) is 2.51. The second-order valence-electron chi connectivity index (χ2n) is 6.91. The summed E-state index contributed by atoms with van der Waals surface area (Å²) in [6.45, 7) is 3.34. The minimum atomic E-state index is 0.186. The summed E-state index contributed by atoms with van der Waals surface area (Å²) in [5.41, 5.74) is 8.46. The van der Waals surface area contributed by atoms with E-state index in [1.54, 1.807) is 0 Å². The highest BCUT2D eigenvalue weighted by molar-refractivity contribution is 5.96. The first-order chi connectivity index (χ1) is 10.2. The van der Waals surface area contributed by atoms with Crippen LogP contribution >= 0.6 is 0 Å². The van der Waals surface area contributed by atoms with Gasteiger partial charge in [0.2, 0.25) is 0 Å². The third-order valence-corrected chi connectivity index (χ3v) is 5.53. The molecule has 2 aliphatic rings. The molecule has 114 valence electrons. The molecule has 1 aliphatic heterocycles. The lowest BCUT2D eigenvalue weighted by atomic mass is 9.68. The number of piperidine rings is 1. The van der Waals surface area contributed by atoms with Gasteiger partial charge in [-0.05, 0) is 49.8 Å². The van der Waals surface area contributed by atoms with Crippen molar-refractivity contribution in [2.24, 2.45) is 11.1 Å². The van der Waals surface area contributed by atoms with Crippen LogP contribution in [-0.2, 0) is 6.54 Å². The Labute approximate surface area is 128 Å². The monoisotopic (exact) mass is 285 g/mol. The van der Waals surface area contributed by atoms with Crippen LogP contribution in [0.25, 0.3) is 0 Å². The summed E-state index contributed by atoms with van der Waals surface area (Å²) in [5.74, 6) is 0.186. The summed E-state index contributed by atoms with van der Waals surface area (Å²) in [6.07, 6.45) is 9.93. The smallest absolute Gasteiger partial charge is 0.123 e. The minimum Gasteiger partial charge on any atom is -0.384 e. The van der Waals surface area contributed by atoms with Crippen LogP contribution in [0.4, 0.5) is 0 Å². The first-order valence-electron chi connectivity index (χ1n) is 8.33. The summed E-state index contributed by atoms with van der Waals surface area (Å²) in [6, 6.07) is 8.09. The lowest BCUT2D eigenvalue weighted by molar-refractivity contribution is 0.0641. The number of likely N-dealkylation sites (tertiary alicyclic amines) is 1. The van der Waals surface area contributed by atoms with Crippen LogP contribution in [0.5, 0.6) is 0 Å². The van der Waals surface area contributed by atoms with E-state index in [0.29, 0.717) is 5.41 Å². The Bertz CT molecular complexity index is 493. The fraction of sp³-hybridized carbons (Fsp3) is 0.611. The molecule has 1 saturated carbocycles. The molecule has 1 saturated heterocycles. The number of hydrogen-bond acceptors (Lipinski definition) is 2. The number of amidine groups is 1. The molecular weight excluding hydrogens is 258 g/mol. The van der Waals surface area contributed by atoms with E-state index in [1.807, 2.05) is 18.2 Å². The van der Waals surface area contributed by atoms with Crippen LogP contribution in [0.1, 0.15) is 56.1 Å². The molecule has 1 spiro atoms. The Kier molecular flexibility index (Phi) is 4.29. The van der Waals surface area contributed by atoms with Gasteiger partial charge in [-0.3, -0.25) is 10.3 Å². The molecule has 3 rings (SSSR count). The average molecular weight is 285 g/mol. The molecule has 3 heteroatoms. The summed E-state index contributed by atoms with van der Waals surface area (Å²) < 4.78 is 0. The second kappa shape index (κ2) is 6.18. The predicted molar refractivity (Wildman–Crippen MR) is 87.5 cm³/mol. The van der Waals surface area contributed by atoms with Gasteiger partial charge in [0.25, 0.3) is 0 Å². The van der Waals surface area contributed by atoms with Gasteiger partial charge in [0.05, 0.1) is 0 Å². The zero-order valence-corrected chi connectivity index (χ0v) is 12.9. The number of nitrogen functional groups attached to an aromatic ring is 1. The van der Waals surface area contributed by atoms with E-state index in [0.717, 1.165) is 12.1 Å². The van der Waals surface area contributed by atoms with Crippen LogP contribution in [0.3, 0.4) is 0 Å². The molecule has 0 unspecified atom stereocenters. The predicted octanol–water partition coefficient (Wildman–Crippen LogP) is 3.52. The third kappa shape index (κ3) is 3.29. The quantitative estimate of drug-likeness (QED) is 0.659. The molecule has 0 amide bonds. The Balaban J connectivity index is 1.62. The standard InChI is InChI=1S/C18H27N3/c19-17(20)16-7-3-2-6-15(16)14-21-12-10-18(11-13-21)8-4-1-5-9-18/h2-3,6-7H,1,4-5,8-14H2,(H3,19,20). The first kappa shape index (κ1) is 14.6. The first-order valence-corrected chi connectivity index (χ1v) is 8.33. The molecule has 2 fully saturated rings. The Morgan fingerprint density at radius 3 is 2.38 bits per heavy atom. The zero-order valence-electron chi connectivity index (χ0n) is 12.9. The number of benzene rings is 1. The molecule has 0 atom stereocenters. The number of nitrogens with one attached hydrogen (secondary N) is 1. The van der Waals surface area contributed by atoms with Gasteiger partial charge >= 0.3 is 0 Å². The van der Waals surface area contributed by atoms with Crippen molar-refractivity contribution >= 4 is 5.84 Å². The maximum absolute atomic E-state index is 7.71. The van der Waals surface area contributed by atoms with Crippen molar-refractivity contribution in [3.8, 4) is 0 Å². The Morgan fingerprint density at radius 2 is 1.71 bits per heavy atom. The van der Waals surface area contributed by atoms with Gasteiger partial charge in [0, 0.05) is 12.1 Å². The van der Waals surface area contributed by atoms with Crippen molar-refractivity contribution in [2.75, 3.05) is 13.1 Å². The zero-order chi connectivity index (χ0) is 14.7. The van der Waals surface area contributed by atoms with Gasteiger partial charge in [-0.15, -0.1) is 0 Å². The fourth-order valence-electron chi connectivity index (χ4n) is 4.15. The molecule has 0 radical (unpaired) electrons. The molecular formula is C18H27N3. The summed E-state index contributed by atoms with van der Waals surface area (Å²) in [5, 5.41) is 7.71. The van der Waals surface area contributed by atoms with Gasteiger partial charge in [0.15, 0.2) is 0 Å². The van der Waals surface area contributed by atoms with Gasteiger partial charge in [-0.25, -0.2) is 0 Å². The maximum Gasteiger partial charge on any atom is 0.123 e. The van der Waals surface area contributed by atoms with Gasteiger partial charge < -0.3 is 5.73 Å². The molecule has 0 aromatic heterocycles. The molecule has 1 aliphatic carbocycles. The molecule has 3 nitrogen and oxygen atoms in total. The highest BCUT2D eigenvalue weighted by Gasteiger charge is 2.35. The molecule has 1 heterocycles. The van der Waals surface area contributed by atoms with E-state index < -0.39 is 0 Å². The normalized spacial score (nSPS) is 22.3. The Hall–Kier alpha value is -1.35. The second-order valence-corrected chi connectivity index (χ2v) is 6.91. The van der Waals surface area contributed by atoms with E-state index in [4.69, 9.17) is 11.1 Å². The number of hydrogen-bond donors (Lipinski definition) is 2. The molecule has 1 aromatic carbocycles. The summed E-state index contributed by atoms with van der Waals surface area (Å²) in [4.78, 5) is 2.54. The van der Waals surface area contributed by atoms with Crippen LogP contribution in [-0.4, -0.2) is 23.8 Å². The lowest BCUT2D eigenvalue weighted by Gasteiger charge is -2.44. The fourth-order valence-corrected chi connectivity index (χ4v) is 4.15. The Morgan fingerprint density at radius 1 is 1.05 bits per heavy atom. The minimum absolute atomic E-state index is 0.186. The largest absolute Gasteiger partial charge is 0.384 e. The summed E-state index contributed by atoms with van der Waals surface area (Å²) in [7, 11) is 0.